The Morgan fingerprint density at radius 2 is 1.69 bits per heavy atom. The van der Waals surface area contributed by atoms with Crippen molar-refractivity contribution in [3.63, 3.8) is 0 Å². The molecule has 12 unspecified atom stereocenters. The van der Waals surface area contributed by atoms with Gasteiger partial charge in [0.1, 0.15) is 23.2 Å². The number of ketones is 1. The summed E-state index contributed by atoms with van der Waals surface area (Å²) in [6, 6.07) is -0.195. The highest BCUT2D eigenvalue weighted by Gasteiger charge is 2.92. The second-order valence-corrected chi connectivity index (χ2v) is 15.7. The van der Waals surface area contributed by atoms with Gasteiger partial charge < -0.3 is 40.5 Å². The highest BCUT2D eigenvalue weighted by atomic mass is 16.7. The van der Waals surface area contributed by atoms with Crippen LogP contribution in [0.5, 0.6) is 0 Å². The molecule has 4 bridgehead atoms. The maximum Gasteiger partial charge on any atom is 0.206 e. The molecule has 7 fully saturated rings. The van der Waals surface area contributed by atoms with Gasteiger partial charge in [-0.1, -0.05) is 19.9 Å². The van der Waals surface area contributed by atoms with Gasteiger partial charge in [-0.25, -0.2) is 0 Å². The third kappa shape index (κ3) is 2.92. The predicted molar refractivity (Wildman–Crippen MR) is 150 cm³/mol. The Hall–Kier alpha value is -0.950. The Labute approximate surface area is 247 Å². The molecule has 4 aliphatic carbocycles. The second-order valence-electron chi connectivity index (χ2n) is 15.7. The van der Waals surface area contributed by atoms with Gasteiger partial charge in [0.05, 0.1) is 23.4 Å². The normalized spacial score (nSPS) is 62.1. The van der Waals surface area contributed by atoms with Crippen LogP contribution in [0.4, 0.5) is 0 Å². The second kappa shape index (κ2) is 8.65. The summed E-state index contributed by atoms with van der Waals surface area (Å²) in [7, 11) is 0. The predicted octanol–water partition coefficient (Wildman–Crippen LogP) is 0.0914. The summed E-state index contributed by atoms with van der Waals surface area (Å²) in [4.78, 5) is 16.6. The number of fused-ring (bicyclic) bond motifs is 5. The number of nitrogens with zero attached hydrogens (tertiary/aromatic N) is 1. The molecule has 10 heteroatoms. The fraction of sp³-hybridized carbons (Fsp3) is 0.906. The van der Waals surface area contributed by atoms with E-state index in [0.29, 0.717) is 24.5 Å². The Balaban J connectivity index is 1.41. The molecular weight excluding hydrogens is 542 g/mol. The van der Waals surface area contributed by atoms with E-state index in [1.54, 1.807) is 26.8 Å². The van der Waals surface area contributed by atoms with Crippen molar-refractivity contribution >= 4 is 5.78 Å². The molecule has 0 aromatic heterocycles. The van der Waals surface area contributed by atoms with Crippen LogP contribution >= 0.6 is 0 Å². The summed E-state index contributed by atoms with van der Waals surface area (Å²) in [5.74, 6) is -5.32. The Kier molecular flexibility index (Phi) is 6.12. The fourth-order valence-corrected chi connectivity index (χ4v) is 12.4. The van der Waals surface area contributed by atoms with Gasteiger partial charge in [0.2, 0.25) is 5.79 Å². The Morgan fingerprint density at radius 3 is 2.36 bits per heavy atom. The molecule has 3 heterocycles. The number of Topliss-reactive ketones (excluding diaryl/α,β-unsaturated/α-hetero) is 1. The molecule has 3 saturated heterocycles. The number of ether oxygens (including phenoxy) is 1. The first-order chi connectivity index (χ1) is 19.5. The molecule has 0 aromatic rings. The third-order valence-electron chi connectivity index (χ3n) is 14.2. The maximum absolute atomic E-state index is 14.3. The van der Waals surface area contributed by atoms with Gasteiger partial charge in [0.15, 0.2) is 5.78 Å². The molecule has 7 rings (SSSR count). The zero-order valence-corrected chi connectivity index (χ0v) is 25.4. The minimum absolute atomic E-state index is 0.107. The monoisotopic (exact) mass is 591 g/mol. The van der Waals surface area contributed by atoms with Gasteiger partial charge in [0, 0.05) is 36.4 Å². The van der Waals surface area contributed by atoms with Crippen LogP contribution in [0.3, 0.4) is 0 Å². The number of hydrogen-bond donors (Lipinski definition) is 7. The van der Waals surface area contributed by atoms with Crippen LogP contribution in [0.1, 0.15) is 73.1 Å². The van der Waals surface area contributed by atoms with E-state index in [0.717, 1.165) is 19.4 Å². The molecule has 16 atom stereocenters. The molecule has 42 heavy (non-hydrogen) atoms. The molecule has 0 amide bonds. The van der Waals surface area contributed by atoms with Gasteiger partial charge in [-0.3, -0.25) is 9.69 Å². The molecule has 236 valence electrons. The van der Waals surface area contributed by atoms with Gasteiger partial charge in [-0.05, 0) is 82.6 Å². The van der Waals surface area contributed by atoms with Crippen molar-refractivity contribution in [3.8, 4) is 0 Å². The van der Waals surface area contributed by atoms with Gasteiger partial charge >= 0.3 is 0 Å². The highest BCUT2D eigenvalue weighted by molar-refractivity contribution is 6.01. The summed E-state index contributed by atoms with van der Waals surface area (Å²) < 4.78 is 6.68. The highest BCUT2D eigenvalue weighted by Crippen LogP contribution is 2.81. The van der Waals surface area contributed by atoms with Crippen molar-refractivity contribution in [1.82, 2.24) is 4.90 Å². The van der Waals surface area contributed by atoms with Crippen LogP contribution in [0.25, 0.3) is 0 Å². The summed E-state index contributed by atoms with van der Waals surface area (Å²) in [5.41, 5.74) is -7.24. The van der Waals surface area contributed by atoms with Crippen LogP contribution in [0.15, 0.2) is 11.6 Å². The number of allylic oxidation sites excluding steroid dienone is 2. The number of aliphatic hydroxyl groups is 7. The molecule has 10 nitrogen and oxygen atoms in total. The fourth-order valence-electron chi connectivity index (χ4n) is 12.4. The smallest absolute Gasteiger partial charge is 0.206 e. The number of piperidine rings is 2. The van der Waals surface area contributed by atoms with Crippen molar-refractivity contribution < 1.29 is 45.3 Å². The van der Waals surface area contributed by atoms with Crippen LogP contribution < -0.4 is 0 Å². The zero-order valence-electron chi connectivity index (χ0n) is 25.4. The lowest BCUT2D eigenvalue weighted by atomic mass is 9.41. The van der Waals surface area contributed by atoms with Crippen LogP contribution in [0, 0.1) is 40.4 Å². The van der Waals surface area contributed by atoms with Crippen molar-refractivity contribution in [2.75, 3.05) is 13.1 Å². The van der Waals surface area contributed by atoms with Crippen LogP contribution in [0.2, 0.25) is 0 Å². The first-order valence-corrected chi connectivity index (χ1v) is 16.0. The lowest BCUT2D eigenvalue weighted by molar-refractivity contribution is -0.300. The van der Waals surface area contributed by atoms with E-state index in [4.69, 9.17) is 4.74 Å². The average molecular weight is 592 g/mol. The molecular formula is C32H49NO9. The standard InChI is InChI=1S/C32H49NO9/c1-6-16(3)25(37)29-12-19(34)24-30(27(29,4)10-9-21(35)32(29,41)42-30)11-18-17-14-33-13-15(2)7-8-20(33)28(5,39)22(17)23(36)26(38)31(18,24)40/h6,15,17-24,26,34-36,38-41H,7-14H2,1-5H3/b16-6+/t15?,17?,18?,19-,20?,21?,22?,23?,24?,26+,27?,28-,29?,30?,31+,32?/m1/s1. The zero-order chi connectivity index (χ0) is 30.6. The molecule has 7 N–H and O–H groups in total. The van der Waals surface area contributed by atoms with Crippen LogP contribution in [-0.2, 0) is 9.53 Å². The number of hydrogen-bond acceptors (Lipinski definition) is 10. The van der Waals surface area contributed by atoms with Crippen molar-refractivity contribution in [3.05, 3.63) is 11.6 Å². The van der Waals surface area contributed by atoms with Crippen molar-refractivity contribution in [1.29, 1.82) is 0 Å². The maximum atomic E-state index is 14.3. The first kappa shape index (κ1) is 29.7. The molecule has 7 aliphatic rings. The van der Waals surface area contributed by atoms with E-state index < -0.39 is 87.3 Å². The lowest BCUT2D eigenvalue weighted by Gasteiger charge is -2.64. The molecule has 4 saturated carbocycles. The minimum atomic E-state index is -2.31. The van der Waals surface area contributed by atoms with E-state index in [-0.39, 0.29) is 25.3 Å². The van der Waals surface area contributed by atoms with Gasteiger partial charge in [-0.2, -0.15) is 0 Å². The van der Waals surface area contributed by atoms with E-state index in [1.165, 1.54) is 0 Å². The number of carbonyl (C=O) groups excluding carboxylic acids is 1. The topological polar surface area (TPSA) is 171 Å². The summed E-state index contributed by atoms with van der Waals surface area (Å²) >= 11 is 0. The molecule has 3 aliphatic heterocycles. The first-order valence-electron chi connectivity index (χ1n) is 16.0. The average Bonchev–Trinajstić information content (AvgIpc) is 3.21. The SMILES string of the molecule is C/C=C(\C)C(=O)C12C[C@@H](O)C3C4(CC5C6CN7CC(C)CCC7[C@@](C)(O)C6C(O)[C@H](O)[C@]53O)OC1(O)C(O)CCC42C. The van der Waals surface area contributed by atoms with E-state index in [9.17, 15) is 40.5 Å². The summed E-state index contributed by atoms with van der Waals surface area (Å²) in [6.07, 6.45) is -2.23. The number of carbonyl (C=O) groups is 1. The van der Waals surface area contributed by atoms with E-state index in [1.807, 2.05) is 6.92 Å². The number of aliphatic hydroxyl groups excluding tert-OH is 4. The lowest BCUT2D eigenvalue weighted by Crippen LogP contribution is -2.77. The molecule has 0 radical (unpaired) electrons. The Morgan fingerprint density at radius 1 is 1.00 bits per heavy atom. The Bertz CT molecular complexity index is 1220. The largest absolute Gasteiger partial charge is 0.393 e. The third-order valence-corrected chi connectivity index (χ3v) is 14.2. The van der Waals surface area contributed by atoms with Crippen molar-refractivity contribution in [2.24, 2.45) is 40.4 Å². The quantitative estimate of drug-likeness (QED) is 0.218. The molecule has 1 spiro atoms. The van der Waals surface area contributed by atoms with E-state index >= 15 is 0 Å². The van der Waals surface area contributed by atoms with Gasteiger partial charge in [0.25, 0.3) is 0 Å². The van der Waals surface area contributed by atoms with Crippen LogP contribution in [-0.4, -0.2) is 113 Å². The molecule has 0 aromatic carbocycles. The van der Waals surface area contributed by atoms with E-state index in [2.05, 4.69) is 11.8 Å². The minimum Gasteiger partial charge on any atom is -0.393 e. The summed E-state index contributed by atoms with van der Waals surface area (Å²) in [5, 5.41) is 84.0. The number of rotatable bonds is 2. The van der Waals surface area contributed by atoms with Gasteiger partial charge in [-0.15, -0.1) is 0 Å². The van der Waals surface area contributed by atoms with Crippen molar-refractivity contribution in [2.45, 2.75) is 126 Å². The summed E-state index contributed by atoms with van der Waals surface area (Å²) in [6.45, 7) is 10.4.